The van der Waals surface area contributed by atoms with Gasteiger partial charge in [0.2, 0.25) is 0 Å². The topological polar surface area (TPSA) is 84.7 Å². The molecule has 1 saturated heterocycles. The number of carbonyl (C=O) groups is 2. The molecule has 7 nitrogen and oxygen atoms in total. The van der Waals surface area contributed by atoms with Gasteiger partial charge in [-0.2, -0.15) is 5.10 Å². The van der Waals surface area contributed by atoms with Crippen molar-refractivity contribution >= 4 is 12.1 Å². The largest absolute Gasteiger partial charge is 0.481 e. The molecular weight excluding hydrogens is 298 g/mol. The van der Waals surface area contributed by atoms with Crippen LogP contribution in [0.4, 0.5) is 4.79 Å². The number of hydrogen-bond donors (Lipinski definition) is 1. The van der Waals surface area contributed by atoms with Crippen LogP contribution in [0.5, 0.6) is 0 Å². The number of hydrogen-bond acceptors (Lipinski definition) is 4. The standard InChI is InChI=1S/C16H25N3O4/c1-10-12(9-14(20)21)11(2)19(17-10)13-7-6-8-18(13)15(22)23-16(3,4)5/h13H,6-9H2,1-5H3,(H,20,21). The summed E-state index contributed by atoms with van der Waals surface area (Å²) in [5.41, 5.74) is 1.66. The monoisotopic (exact) mass is 323 g/mol. The van der Waals surface area contributed by atoms with E-state index in [2.05, 4.69) is 5.10 Å². The molecule has 0 radical (unpaired) electrons. The van der Waals surface area contributed by atoms with Crippen molar-refractivity contribution in [1.29, 1.82) is 0 Å². The lowest BCUT2D eigenvalue weighted by molar-refractivity contribution is -0.136. The predicted molar refractivity (Wildman–Crippen MR) is 84.3 cm³/mol. The van der Waals surface area contributed by atoms with Crippen molar-refractivity contribution in [3.63, 3.8) is 0 Å². The SMILES string of the molecule is Cc1nn(C2CCCN2C(=O)OC(C)(C)C)c(C)c1CC(=O)O. The summed E-state index contributed by atoms with van der Waals surface area (Å²) in [6.07, 6.45) is 1.03. The minimum atomic E-state index is -0.883. The molecule has 0 aromatic carbocycles. The molecule has 0 aliphatic carbocycles. The van der Waals surface area contributed by atoms with Crippen LogP contribution in [0.3, 0.4) is 0 Å². The molecule has 0 spiro atoms. The molecule has 0 saturated carbocycles. The Morgan fingerprint density at radius 1 is 1.35 bits per heavy atom. The number of likely N-dealkylation sites (tertiary alicyclic amines) is 1. The van der Waals surface area contributed by atoms with Gasteiger partial charge in [0.1, 0.15) is 11.8 Å². The molecule has 1 unspecified atom stereocenters. The average Bonchev–Trinajstić information content (AvgIpc) is 2.96. The van der Waals surface area contributed by atoms with Crippen LogP contribution in [0.2, 0.25) is 0 Å². The number of nitrogens with zero attached hydrogens (tertiary/aromatic N) is 3. The highest BCUT2D eigenvalue weighted by Gasteiger charge is 2.35. The molecule has 1 amide bonds. The molecule has 2 heterocycles. The highest BCUT2D eigenvalue weighted by atomic mass is 16.6. The molecule has 7 heteroatoms. The van der Waals surface area contributed by atoms with Crippen LogP contribution in [0.25, 0.3) is 0 Å². The third kappa shape index (κ3) is 3.83. The summed E-state index contributed by atoms with van der Waals surface area (Å²) in [4.78, 5) is 25.1. The van der Waals surface area contributed by atoms with E-state index in [0.717, 1.165) is 18.5 Å². The first kappa shape index (κ1) is 17.3. The highest BCUT2D eigenvalue weighted by molar-refractivity contribution is 5.71. The second-order valence-electron chi connectivity index (χ2n) is 6.96. The number of rotatable bonds is 3. The van der Waals surface area contributed by atoms with Gasteiger partial charge in [0.15, 0.2) is 0 Å². The first-order valence-electron chi connectivity index (χ1n) is 7.86. The second-order valence-corrected chi connectivity index (χ2v) is 6.96. The number of carboxylic acid groups (broad SMARTS) is 1. The second kappa shape index (κ2) is 6.22. The maximum Gasteiger partial charge on any atom is 0.411 e. The number of amides is 1. The number of ether oxygens (including phenoxy) is 1. The van der Waals surface area contributed by atoms with Gasteiger partial charge < -0.3 is 9.84 Å². The summed E-state index contributed by atoms with van der Waals surface area (Å²) in [5, 5.41) is 13.5. The number of carbonyl (C=O) groups excluding carboxylic acids is 1. The fourth-order valence-corrected chi connectivity index (χ4v) is 2.93. The van der Waals surface area contributed by atoms with Crippen LogP contribution in [-0.2, 0) is 16.0 Å². The minimum Gasteiger partial charge on any atom is -0.481 e. The zero-order valence-corrected chi connectivity index (χ0v) is 14.4. The summed E-state index contributed by atoms with van der Waals surface area (Å²) in [5.74, 6) is -0.883. The van der Waals surface area contributed by atoms with Gasteiger partial charge in [-0.1, -0.05) is 0 Å². The number of aromatic nitrogens is 2. The first-order chi connectivity index (χ1) is 10.6. The van der Waals surface area contributed by atoms with Crippen molar-refractivity contribution in [2.75, 3.05) is 6.54 Å². The van der Waals surface area contributed by atoms with E-state index in [1.807, 2.05) is 27.7 Å². The zero-order valence-electron chi connectivity index (χ0n) is 14.4. The van der Waals surface area contributed by atoms with Crippen molar-refractivity contribution in [3.05, 3.63) is 17.0 Å². The first-order valence-corrected chi connectivity index (χ1v) is 7.86. The van der Waals surface area contributed by atoms with Crippen molar-refractivity contribution in [1.82, 2.24) is 14.7 Å². The molecule has 1 aromatic heterocycles. The lowest BCUT2D eigenvalue weighted by Crippen LogP contribution is -2.38. The summed E-state index contributed by atoms with van der Waals surface area (Å²) in [6, 6.07) is 0. The number of aliphatic carboxylic acids is 1. The molecule has 1 fully saturated rings. The molecule has 1 atom stereocenters. The molecule has 23 heavy (non-hydrogen) atoms. The summed E-state index contributed by atoms with van der Waals surface area (Å²) < 4.78 is 7.23. The minimum absolute atomic E-state index is 0.0587. The van der Waals surface area contributed by atoms with Crippen LogP contribution in [0.15, 0.2) is 0 Å². The Bertz CT molecular complexity index is 616. The van der Waals surface area contributed by atoms with Gasteiger partial charge in [0.05, 0.1) is 12.1 Å². The summed E-state index contributed by atoms with van der Waals surface area (Å²) in [7, 11) is 0. The van der Waals surface area contributed by atoms with Gasteiger partial charge in [-0.3, -0.25) is 9.69 Å². The van der Waals surface area contributed by atoms with Gasteiger partial charge in [-0.15, -0.1) is 0 Å². The maximum absolute atomic E-state index is 12.4. The zero-order chi connectivity index (χ0) is 17.4. The normalized spacial score (nSPS) is 18.3. The third-order valence-electron chi connectivity index (χ3n) is 3.93. The van der Waals surface area contributed by atoms with Gasteiger partial charge in [-0.25, -0.2) is 9.48 Å². The van der Waals surface area contributed by atoms with Crippen LogP contribution in [0.1, 0.15) is 56.7 Å². The van der Waals surface area contributed by atoms with E-state index in [0.29, 0.717) is 17.8 Å². The van der Waals surface area contributed by atoms with Gasteiger partial charge in [0.25, 0.3) is 0 Å². The molecule has 0 bridgehead atoms. The lowest BCUT2D eigenvalue weighted by atomic mass is 10.1. The Kier molecular flexibility index (Phi) is 4.68. The number of carboxylic acids is 1. The van der Waals surface area contributed by atoms with E-state index in [1.54, 1.807) is 16.5 Å². The Balaban J connectivity index is 2.27. The van der Waals surface area contributed by atoms with E-state index >= 15 is 0 Å². The van der Waals surface area contributed by atoms with Crippen LogP contribution >= 0.6 is 0 Å². The Morgan fingerprint density at radius 2 is 2.00 bits per heavy atom. The van der Waals surface area contributed by atoms with E-state index in [9.17, 15) is 9.59 Å². The van der Waals surface area contributed by atoms with E-state index < -0.39 is 11.6 Å². The smallest absolute Gasteiger partial charge is 0.411 e. The molecular formula is C16H25N3O4. The molecule has 1 aliphatic heterocycles. The van der Waals surface area contributed by atoms with Gasteiger partial charge in [-0.05, 0) is 47.5 Å². The maximum atomic E-state index is 12.4. The highest BCUT2D eigenvalue weighted by Crippen LogP contribution is 2.31. The van der Waals surface area contributed by atoms with Crippen molar-refractivity contribution in [3.8, 4) is 0 Å². The third-order valence-corrected chi connectivity index (χ3v) is 3.93. The number of aryl methyl sites for hydroxylation is 1. The molecule has 1 aliphatic rings. The van der Waals surface area contributed by atoms with Crippen molar-refractivity contribution in [2.24, 2.45) is 0 Å². The molecule has 1 aromatic rings. The van der Waals surface area contributed by atoms with Crippen molar-refractivity contribution in [2.45, 2.75) is 65.6 Å². The van der Waals surface area contributed by atoms with Crippen LogP contribution in [-0.4, -0.2) is 44.0 Å². The van der Waals surface area contributed by atoms with Crippen LogP contribution in [0, 0.1) is 13.8 Å². The Labute approximate surface area is 136 Å². The van der Waals surface area contributed by atoms with Crippen LogP contribution < -0.4 is 0 Å². The van der Waals surface area contributed by atoms with Gasteiger partial charge >= 0.3 is 12.1 Å². The van der Waals surface area contributed by atoms with E-state index in [4.69, 9.17) is 9.84 Å². The Hall–Kier alpha value is -2.05. The quantitative estimate of drug-likeness (QED) is 0.924. The fraction of sp³-hybridized carbons (Fsp3) is 0.688. The van der Waals surface area contributed by atoms with E-state index in [-0.39, 0.29) is 18.7 Å². The lowest BCUT2D eigenvalue weighted by Gasteiger charge is -2.29. The summed E-state index contributed by atoms with van der Waals surface area (Å²) in [6.45, 7) is 9.78. The predicted octanol–water partition coefficient (Wildman–Crippen LogP) is 2.66. The summed E-state index contributed by atoms with van der Waals surface area (Å²) >= 11 is 0. The van der Waals surface area contributed by atoms with Gasteiger partial charge in [0, 0.05) is 17.8 Å². The van der Waals surface area contributed by atoms with E-state index in [1.165, 1.54) is 0 Å². The van der Waals surface area contributed by atoms with Crippen molar-refractivity contribution < 1.29 is 19.4 Å². The Morgan fingerprint density at radius 3 is 2.57 bits per heavy atom. The molecule has 2 rings (SSSR count). The molecule has 1 N–H and O–H groups in total. The fourth-order valence-electron chi connectivity index (χ4n) is 2.93. The molecule has 128 valence electrons. The average molecular weight is 323 g/mol.